The molecule has 3 aromatic rings. The predicted octanol–water partition coefficient (Wildman–Crippen LogP) is 1.93. The molecule has 3 rings (SSSR count). The van der Waals surface area contributed by atoms with Gasteiger partial charge in [0.2, 0.25) is 5.88 Å². The van der Waals surface area contributed by atoms with Crippen LogP contribution in [-0.2, 0) is 0 Å². The van der Waals surface area contributed by atoms with Crippen molar-refractivity contribution in [1.29, 1.82) is 0 Å². The summed E-state index contributed by atoms with van der Waals surface area (Å²) < 4.78 is 7.05. The van der Waals surface area contributed by atoms with Crippen LogP contribution in [0.2, 0.25) is 0 Å². The van der Waals surface area contributed by atoms with Gasteiger partial charge in [0.25, 0.3) is 0 Å². The van der Waals surface area contributed by atoms with Crippen molar-refractivity contribution >= 4 is 5.65 Å². The molecule has 0 spiro atoms. The Morgan fingerprint density at radius 1 is 1.11 bits per heavy atom. The normalized spacial score (nSPS) is 10.8. The summed E-state index contributed by atoms with van der Waals surface area (Å²) in [6.07, 6.45) is 0. The number of fused-ring (bicyclic) bond motifs is 1. The van der Waals surface area contributed by atoms with E-state index in [9.17, 15) is 0 Å². The summed E-state index contributed by atoms with van der Waals surface area (Å²) in [6.45, 7) is 4.04. The van der Waals surface area contributed by atoms with Crippen LogP contribution in [0.1, 0.15) is 11.1 Å². The molecule has 0 bridgehead atoms. The molecule has 18 heavy (non-hydrogen) atoms. The Bertz CT molecular complexity index is 707. The molecule has 2 aromatic heterocycles. The first kappa shape index (κ1) is 10.6. The maximum Gasteiger partial charge on any atom is 0.239 e. The minimum Gasteiger partial charge on any atom is -0.437 e. The van der Waals surface area contributed by atoms with Crippen molar-refractivity contribution in [1.82, 2.24) is 25.3 Å². The Morgan fingerprint density at radius 2 is 2.00 bits per heavy atom. The van der Waals surface area contributed by atoms with Crippen molar-refractivity contribution in [3.63, 3.8) is 0 Å². The molecular weight excluding hydrogens is 230 g/mol. The zero-order chi connectivity index (χ0) is 12.5. The van der Waals surface area contributed by atoms with E-state index >= 15 is 0 Å². The Labute approximate surface area is 103 Å². The fourth-order valence-electron chi connectivity index (χ4n) is 1.71. The number of hydrogen-bond acceptors (Lipinski definition) is 5. The smallest absolute Gasteiger partial charge is 0.239 e. The van der Waals surface area contributed by atoms with Crippen molar-refractivity contribution in [3.8, 4) is 11.6 Å². The molecule has 6 nitrogen and oxygen atoms in total. The third-order valence-corrected chi connectivity index (χ3v) is 2.59. The molecule has 0 aliphatic rings. The number of benzene rings is 1. The fourth-order valence-corrected chi connectivity index (χ4v) is 1.71. The molecule has 0 atom stereocenters. The van der Waals surface area contributed by atoms with Crippen molar-refractivity contribution in [2.24, 2.45) is 0 Å². The Hall–Kier alpha value is -2.50. The maximum atomic E-state index is 5.71. The summed E-state index contributed by atoms with van der Waals surface area (Å²) in [5.74, 6) is 1.24. The van der Waals surface area contributed by atoms with Gasteiger partial charge in [-0.25, -0.2) is 0 Å². The average Bonchev–Trinajstić information content (AvgIpc) is 2.80. The number of rotatable bonds is 2. The minimum atomic E-state index is 0.460. The number of tetrazole rings is 1. The highest BCUT2D eigenvalue weighted by Crippen LogP contribution is 2.24. The summed E-state index contributed by atoms with van der Waals surface area (Å²) in [6, 6.07) is 9.48. The van der Waals surface area contributed by atoms with Crippen LogP contribution < -0.4 is 4.74 Å². The zero-order valence-corrected chi connectivity index (χ0v) is 10.0. The summed E-state index contributed by atoms with van der Waals surface area (Å²) >= 11 is 0. The van der Waals surface area contributed by atoms with Crippen molar-refractivity contribution in [3.05, 3.63) is 41.5 Å². The SMILES string of the molecule is Cc1ccc(Oc2ccc3nnnn3n2)c(C)c1. The maximum absolute atomic E-state index is 5.71. The topological polar surface area (TPSA) is 65.2 Å². The average molecular weight is 241 g/mol. The van der Waals surface area contributed by atoms with Gasteiger partial charge in [-0.05, 0) is 42.0 Å². The van der Waals surface area contributed by atoms with Gasteiger partial charge in [-0.1, -0.05) is 17.7 Å². The van der Waals surface area contributed by atoms with Gasteiger partial charge in [0, 0.05) is 6.07 Å². The zero-order valence-electron chi connectivity index (χ0n) is 10.0. The number of aromatic nitrogens is 5. The molecule has 2 heterocycles. The molecule has 90 valence electrons. The number of nitrogens with zero attached hydrogens (tertiary/aromatic N) is 5. The fraction of sp³-hybridized carbons (Fsp3) is 0.167. The van der Waals surface area contributed by atoms with Gasteiger partial charge in [-0.3, -0.25) is 0 Å². The van der Waals surface area contributed by atoms with Crippen LogP contribution >= 0.6 is 0 Å². The van der Waals surface area contributed by atoms with Crippen LogP contribution in [0, 0.1) is 13.8 Å². The summed E-state index contributed by atoms with van der Waals surface area (Å²) in [7, 11) is 0. The molecule has 1 aromatic carbocycles. The molecule has 6 heteroatoms. The van der Waals surface area contributed by atoms with Crippen LogP contribution in [0.15, 0.2) is 30.3 Å². The largest absolute Gasteiger partial charge is 0.437 e. The lowest BCUT2D eigenvalue weighted by Crippen LogP contribution is -1.97. The van der Waals surface area contributed by atoms with E-state index in [0.717, 1.165) is 11.3 Å². The highest BCUT2D eigenvalue weighted by Gasteiger charge is 2.05. The van der Waals surface area contributed by atoms with E-state index < -0.39 is 0 Å². The van der Waals surface area contributed by atoms with E-state index in [-0.39, 0.29) is 0 Å². The molecular formula is C12H11N5O. The number of hydrogen-bond donors (Lipinski definition) is 0. The molecule has 0 N–H and O–H groups in total. The van der Waals surface area contributed by atoms with E-state index in [1.165, 1.54) is 10.2 Å². The standard InChI is InChI=1S/C12H11N5O/c1-8-3-4-10(9(2)7-8)18-12-6-5-11-13-15-16-17(11)14-12/h3-7H,1-2H3. The number of aryl methyl sites for hydroxylation is 2. The second-order valence-electron chi connectivity index (χ2n) is 4.07. The summed E-state index contributed by atoms with van der Waals surface area (Å²) in [5.41, 5.74) is 2.85. The quantitative estimate of drug-likeness (QED) is 0.685. The molecule has 0 fully saturated rings. The van der Waals surface area contributed by atoms with Gasteiger partial charge in [-0.15, -0.1) is 14.8 Å². The summed E-state index contributed by atoms with van der Waals surface area (Å²) in [4.78, 5) is 0. The molecule has 0 unspecified atom stereocenters. The van der Waals surface area contributed by atoms with Crippen molar-refractivity contribution < 1.29 is 4.74 Å². The van der Waals surface area contributed by atoms with Crippen LogP contribution in [-0.4, -0.2) is 25.3 Å². The Kier molecular flexibility index (Phi) is 2.40. The lowest BCUT2D eigenvalue weighted by Gasteiger charge is -2.07. The first-order valence-corrected chi connectivity index (χ1v) is 5.53. The Balaban J connectivity index is 1.95. The molecule has 0 saturated carbocycles. The lowest BCUT2D eigenvalue weighted by molar-refractivity contribution is 0.444. The van der Waals surface area contributed by atoms with E-state index in [2.05, 4.69) is 26.7 Å². The second-order valence-corrected chi connectivity index (χ2v) is 4.07. The van der Waals surface area contributed by atoms with Gasteiger partial charge in [0.15, 0.2) is 5.65 Å². The first-order chi connectivity index (χ1) is 8.72. The molecule has 0 saturated heterocycles. The Morgan fingerprint density at radius 3 is 2.83 bits per heavy atom. The van der Waals surface area contributed by atoms with Crippen molar-refractivity contribution in [2.45, 2.75) is 13.8 Å². The predicted molar refractivity (Wildman–Crippen MR) is 64.6 cm³/mol. The lowest BCUT2D eigenvalue weighted by atomic mass is 10.1. The minimum absolute atomic E-state index is 0.460. The van der Waals surface area contributed by atoms with Gasteiger partial charge in [-0.2, -0.15) is 0 Å². The summed E-state index contributed by atoms with van der Waals surface area (Å²) in [5, 5.41) is 15.2. The van der Waals surface area contributed by atoms with Crippen molar-refractivity contribution in [2.75, 3.05) is 0 Å². The third-order valence-electron chi connectivity index (χ3n) is 2.59. The molecule has 0 radical (unpaired) electrons. The van der Waals surface area contributed by atoms with E-state index in [0.29, 0.717) is 11.5 Å². The van der Waals surface area contributed by atoms with Crippen LogP contribution in [0.5, 0.6) is 11.6 Å². The van der Waals surface area contributed by atoms with Crippen LogP contribution in [0.25, 0.3) is 5.65 Å². The number of ether oxygens (including phenoxy) is 1. The highest BCUT2D eigenvalue weighted by molar-refractivity contribution is 5.39. The van der Waals surface area contributed by atoms with Crippen LogP contribution in [0.3, 0.4) is 0 Å². The van der Waals surface area contributed by atoms with E-state index in [1.54, 1.807) is 12.1 Å². The van der Waals surface area contributed by atoms with Gasteiger partial charge in [0.1, 0.15) is 5.75 Å². The molecule has 0 aliphatic heterocycles. The van der Waals surface area contributed by atoms with E-state index in [4.69, 9.17) is 4.74 Å². The highest BCUT2D eigenvalue weighted by atomic mass is 16.5. The van der Waals surface area contributed by atoms with Gasteiger partial charge in [0.05, 0.1) is 0 Å². The first-order valence-electron chi connectivity index (χ1n) is 5.53. The third kappa shape index (κ3) is 1.88. The second kappa shape index (κ2) is 4.06. The van der Waals surface area contributed by atoms with Gasteiger partial charge < -0.3 is 4.74 Å². The molecule has 0 amide bonds. The monoisotopic (exact) mass is 241 g/mol. The van der Waals surface area contributed by atoms with E-state index in [1.807, 2.05) is 26.0 Å². The van der Waals surface area contributed by atoms with Gasteiger partial charge >= 0.3 is 0 Å². The molecule has 0 aliphatic carbocycles. The van der Waals surface area contributed by atoms with Crippen LogP contribution in [0.4, 0.5) is 0 Å².